The Labute approximate surface area is 114 Å². The van der Waals surface area contributed by atoms with Crippen molar-refractivity contribution in [3.8, 4) is 0 Å². The van der Waals surface area contributed by atoms with Crippen molar-refractivity contribution < 1.29 is 14.3 Å². The molecule has 5 heteroatoms. The van der Waals surface area contributed by atoms with Gasteiger partial charge in [-0.25, -0.2) is 4.79 Å². The normalized spacial score (nSPS) is 34.2. The van der Waals surface area contributed by atoms with Crippen LogP contribution < -0.4 is 0 Å². The van der Waals surface area contributed by atoms with Gasteiger partial charge in [-0.3, -0.25) is 0 Å². The van der Waals surface area contributed by atoms with Crippen molar-refractivity contribution in [1.29, 1.82) is 0 Å². The number of carbonyl (C=O) groups is 1. The van der Waals surface area contributed by atoms with Crippen LogP contribution in [0.2, 0.25) is 0 Å². The van der Waals surface area contributed by atoms with Crippen molar-refractivity contribution in [2.45, 2.75) is 43.9 Å². The van der Waals surface area contributed by atoms with E-state index in [2.05, 4.69) is 0 Å². The van der Waals surface area contributed by atoms with Crippen molar-refractivity contribution >= 4 is 6.03 Å². The summed E-state index contributed by atoms with van der Waals surface area (Å²) in [5, 5.41) is 0. The first-order valence-corrected chi connectivity index (χ1v) is 7.38. The van der Waals surface area contributed by atoms with E-state index < -0.39 is 0 Å². The number of hydrogen-bond donors (Lipinski definition) is 0. The fourth-order valence-corrected chi connectivity index (χ4v) is 3.14. The summed E-state index contributed by atoms with van der Waals surface area (Å²) in [5.41, 5.74) is 0. The molecule has 3 fully saturated rings. The summed E-state index contributed by atoms with van der Waals surface area (Å²) in [5.74, 6) is 0.751. The van der Waals surface area contributed by atoms with Crippen LogP contribution in [-0.4, -0.2) is 67.9 Å². The van der Waals surface area contributed by atoms with Crippen molar-refractivity contribution in [3.05, 3.63) is 0 Å². The third kappa shape index (κ3) is 2.72. The second-order valence-corrected chi connectivity index (χ2v) is 6.17. The van der Waals surface area contributed by atoms with Gasteiger partial charge < -0.3 is 19.3 Å². The lowest BCUT2D eigenvalue weighted by Gasteiger charge is -2.33. The van der Waals surface area contributed by atoms with Crippen LogP contribution in [0, 0.1) is 5.92 Å². The highest BCUT2D eigenvalue weighted by Gasteiger charge is 2.45. The smallest absolute Gasteiger partial charge is 0.319 e. The zero-order valence-corrected chi connectivity index (χ0v) is 11.9. The fourth-order valence-electron chi connectivity index (χ4n) is 3.14. The lowest BCUT2D eigenvalue weighted by molar-refractivity contribution is -0.0555. The van der Waals surface area contributed by atoms with Crippen LogP contribution in [0.15, 0.2) is 0 Å². The summed E-state index contributed by atoms with van der Waals surface area (Å²) < 4.78 is 12.0. The summed E-state index contributed by atoms with van der Waals surface area (Å²) in [6, 6.07) is 0.275. The van der Waals surface area contributed by atoms with E-state index in [0.717, 1.165) is 25.4 Å². The summed E-state index contributed by atoms with van der Waals surface area (Å²) in [7, 11) is 3.61. The predicted molar refractivity (Wildman–Crippen MR) is 71.0 cm³/mol. The van der Waals surface area contributed by atoms with Gasteiger partial charge in [-0.1, -0.05) is 0 Å². The van der Waals surface area contributed by atoms with Gasteiger partial charge in [-0.05, 0) is 31.6 Å². The molecule has 2 bridgehead atoms. The van der Waals surface area contributed by atoms with Gasteiger partial charge in [0, 0.05) is 27.2 Å². The fraction of sp³-hybridized carbons (Fsp3) is 0.929. The minimum Gasteiger partial charge on any atom is -0.374 e. The van der Waals surface area contributed by atoms with E-state index in [1.165, 1.54) is 12.8 Å². The standard InChI is InChI=1S/C14H24N2O3/c1-15(2)14(17)16-7-8-18-12-6-5-11(16)13(12)19-9-10-3-4-10/h10-13H,3-9H2,1-2H3/t11-,12-,13+/m0/s1. The van der Waals surface area contributed by atoms with E-state index in [0.29, 0.717) is 13.2 Å². The summed E-state index contributed by atoms with van der Waals surface area (Å²) in [6.07, 6.45) is 4.86. The summed E-state index contributed by atoms with van der Waals surface area (Å²) >= 11 is 0. The van der Waals surface area contributed by atoms with Gasteiger partial charge in [0.1, 0.15) is 6.10 Å². The number of nitrogens with zero attached hydrogens (tertiary/aromatic N) is 2. The Morgan fingerprint density at radius 2 is 2.11 bits per heavy atom. The highest BCUT2D eigenvalue weighted by Crippen LogP contribution is 2.35. The first kappa shape index (κ1) is 13.2. The summed E-state index contributed by atoms with van der Waals surface area (Å²) in [4.78, 5) is 15.9. The molecule has 3 rings (SSSR count). The molecule has 0 aromatic carbocycles. The molecule has 2 amide bonds. The summed E-state index contributed by atoms with van der Waals surface area (Å²) in [6.45, 7) is 2.15. The maximum Gasteiger partial charge on any atom is 0.319 e. The molecule has 1 aliphatic heterocycles. The molecular formula is C14H24N2O3. The SMILES string of the molecule is CN(C)C(=O)N1CCO[C@H]2CC[C@H]1[C@H]2OCC1CC1. The minimum atomic E-state index is 0.0759. The molecule has 0 aromatic rings. The second kappa shape index (κ2) is 5.29. The molecule has 19 heavy (non-hydrogen) atoms. The average Bonchev–Trinajstić information content (AvgIpc) is 3.12. The topological polar surface area (TPSA) is 42.0 Å². The lowest BCUT2D eigenvalue weighted by Crippen LogP contribution is -2.50. The molecule has 5 nitrogen and oxygen atoms in total. The van der Waals surface area contributed by atoms with Gasteiger partial charge in [0.05, 0.1) is 18.8 Å². The van der Waals surface area contributed by atoms with Gasteiger partial charge in [0.25, 0.3) is 0 Å². The monoisotopic (exact) mass is 268 g/mol. The number of amides is 2. The Bertz CT molecular complexity index is 344. The average molecular weight is 268 g/mol. The van der Waals surface area contributed by atoms with Crippen LogP contribution in [-0.2, 0) is 9.47 Å². The maximum atomic E-state index is 12.3. The Hall–Kier alpha value is -0.810. The van der Waals surface area contributed by atoms with Gasteiger partial charge >= 0.3 is 6.03 Å². The number of ether oxygens (including phenoxy) is 2. The van der Waals surface area contributed by atoms with Crippen molar-refractivity contribution in [2.24, 2.45) is 5.92 Å². The number of hydrogen-bond acceptors (Lipinski definition) is 3. The molecule has 0 aromatic heterocycles. The van der Waals surface area contributed by atoms with Crippen LogP contribution >= 0.6 is 0 Å². The second-order valence-electron chi connectivity index (χ2n) is 6.17. The largest absolute Gasteiger partial charge is 0.374 e. The van der Waals surface area contributed by atoms with Crippen LogP contribution in [0.5, 0.6) is 0 Å². The van der Waals surface area contributed by atoms with E-state index in [-0.39, 0.29) is 24.3 Å². The predicted octanol–water partition coefficient (Wildman–Crippen LogP) is 1.33. The molecule has 0 N–H and O–H groups in total. The van der Waals surface area contributed by atoms with Crippen molar-refractivity contribution in [2.75, 3.05) is 33.9 Å². The van der Waals surface area contributed by atoms with E-state index in [4.69, 9.17) is 9.47 Å². The van der Waals surface area contributed by atoms with E-state index in [1.54, 1.807) is 19.0 Å². The molecule has 2 aliphatic carbocycles. The quantitative estimate of drug-likeness (QED) is 0.775. The van der Waals surface area contributed by atoms with Crippen LogP contribution in [0.3, 0.4) is 0 Å². The van der Waals surface area contributed by atoms with Gasteiger partial charge in [-0.2, -0.15) is 0 Å². The zero-order chi connectivity index (χ0) is 13.4. The van der Waals surface area contributed by atoms with Crippen molar-refractivity contribution in [3.63, 3.8) is 0 Å². The zero-order valence-electron chi connectivity index (χ0n) is 11.9. The lowest BCUT2D eigenvalue weighted by atomic mass is 10.1. The Balaban J connectivity index is 1.69. The molecular weight excluding hydrogens is 244 g/mol. The van der Waals surface area contributed by atoms with E-state index >= 15 is 0 Å². The molecule has 0 spiro atoms. The molecule has 1 saturated heterocycles. The van der Waals surface area contributed by atoms with E-state index in [9.17, 15) is 4.79 Å². The van der Waals surface area contributed by atoms with Crippen LogP contribution in [0.4, 0.5) is 4.79 Å². The number of carbonyl (C=O) groups excluding carboxylic acids is 1. The number of rotatable bonds is 3. The Morgan fingerprint density at radius 3 is 2.79 bits per heavy atom. The minimum absolute atomic E-state index is 0.0759. The third-order valence-electron chi connectivity index (χ3n) is 4.41. The first-order chi connectivity index (χ1) is 9.16. The number of urea groups is 1. The molecule has 0 radical (unpaired) electrons. The Morgan fingerprint density at radius 1 is 1.32 bits per heavy atom. The highest BCUT2D eigenvalue weighted by atomic mass is 16.5. The van der Waals surface area contributed by atoms with Crippen molar-refractivity contribution in [1.82, 2.24) is 9.80 Å². The molecule has 3 atom stereocenters. The Kier molecular flexibility index (Phi) is 3.67. The van der Waals surface area contributed by atoms with Gasteiger partial charge in [-0.15, -0.1) is 0 Å². The molecule has 0 unspecified atom stereocenters. The maximum absolute atomic E-state index is 12.3. The first-order valence-electron chi connectivity index (χ1n) is 7.38. The van der Waals surface area contributed by atoms with Gasteiger partial charge in [0.15, 0.2) is 0 Å². The highest BCUT2D eigenvalue weighted by molar-refractivity contribution is 5.74. The molecule has 1 heterocycles. The third-order valence-corrected chi connectivity index (χ3v) is 4.41. The van der Waals surface area contributed by atoms with E-state index in [1.807, 2.05) is 4.90 Å². The molecule has 2 saturated carbocycles. The van der Waals surface area contributed by atoms with Gasteiger partial charge in [0.2, 0.25) is 0 Å². The number of fused-ring (bicyclic) bond motifs is 2. The van der Waals surface area contributed by atoms with Crippen LogP contribution in [0.25, 0.3) is 0 Å². The molecule has 108 valence electrons. The van der Waals surface area contributed by atoms with Crippen LogP contribution in [0.1, 0.15) is 25.7 Å². The molecule has 3 aliphatic rings.